The predicted molar refractivity (Wildman–Crippen MR) is 89.8 cm³/mol. The maximum Gasteiger partial charge on any atom is 0.407 e. The number of ether oxygens (including phenoxy) is 2. The third kappa shape index (κ3) is 5.96. The lowest BCUT2D eigenvalue weighted by Gasteiger charge is -2.30. The van der Waals surface area contributed by atoms with Gasteiger partial charge in [0, 0.05) is 18.2 Å². The molecular formula is C17H27N3O3. The number of rotatable bonds is 4. The quantitative estimate of drug-likeness (QED) is 0.890. The molecule has 0 spiro atoms. The molecule has 1 fully saturated rings. The highest BCUT2D eigenvalue weighted by atomic mass is 16.6. The lowest BCUT2D eigenvalue weighted by atomic mass is 9.91. The zero-order valence-corrected chi connectivity index (χ0v) is 14.4. The molecule has 0 saturated heterocycles. The second-order valence-corrected chi connectivity index (χ2v) is 6.90. The summed E-state index contributed by atoms with van der Waals surface area (Å²) in [6, 6.07) is 6.23. The zero-order valence-electron chi connectivity index (χ0n) is 14.4. The van der Waals surface area contributed by atoms with Crippen molar-refractivity contribution in [2.45, 2.75) is 64.1 Å². The van der Waals surface area contributed by atoms with Crippen molar-refractivity contribution in [3.8, 4) is 5.88 Å². The van der Waals surface area contributed by atoms with Crippen LogP contribution >= 0.6 is 0 Å². The third-order valence-electron chi connectivity index (χ3n) is 3.73. The van der Waals surface area contributed by atoms with Crippen LogP contribution in [0.25, 0.3) is 0 Å². The Morgan fingerprint density at radius 2 is 1.83 bits per heavy atom. The van der Waals surface area contributed by atoms with Gasteiger partial charge >= 0.3 is 6.09 Å². The SMILES string of the molecule is COc1cccc(NC2CCC(NC(=O)OC(C)(C)C)CC2)n1. The lowest BCUT2D eigenvalue weighted by molar-refractivity contribution is 0.0492. The zero-order chi connectivity index (χ0) is 16.9. The molecule has 0 aliphatic heterocycles. The number of alkyl carbamates (subject to hydrolysis) is 1. The van der Waals surface area contributed by atoms with Crippen LogP contribution in [-0.4, -0.2) is 35.9 Å². The molecule has 1 aliphatic carbocycles. The summed E-state index contributed by atoms with van der Waals surface area (Å²) in [7, 11) is 1.61. The Morgan fingerprint density at radius 3 is 2.43 bits per heavy atom. The fraction of sp³-hybridized carbons (Fsp3) is 0.647. The van der Waals surface area contributed by atoms with Gasteiger partial charge in [-0.05, 0) is 52.5 Å². The molecule has 2 rings (SSSR count). The lowest BCUT2D eigenvalue weighted by Crippen LogP contribution is -2.42. The van der Waals surface area contributed by atoms with Crippen molar-refractivity contribution >= 4 is 11.9 Å². The molecule has 0 radical (unpaired) electrons. The van der Waals surface area contributed by atoms with E-state index in [1.54, 1.807) is 7.11 Å². The highest BCUT2D eigenvalue weighted by Gasteiger charge is 2.24. The van der Waals surface area contributed by atoms with Gasteiger partial charge in [0.25, 0.3) is 0 Å². The van der Waals surface area contributed by atoms with Crippen LogP contribution in [0.4, 0.5) is 10.6 Å². The number of amides is 1. The van der Waals surface area contributed by atoms with Gasteiger partial charge in [0.05, 0.1) is 7.11 Å². The van der Waals surface area contributed by atoms with E-state index in [0.29, 0.717) is 11.9 Å². The van der Waals surface area contributed by atoms with Gasteiger partial charge in [0.2, 0.25) is 5.88 Å². The summed E-state index contributed by atoms with van der Waals surface area (Å²) < 4.78 is 10.4. The van der Waals surface area contributed by atoms with Crippen LogP contribution in [0.15, 0.2) is 18.2 Å². The van der Waals surface area contributed by atoms with Gasteiger partial charge in [0.1, 0.15) is 11.4 Å². The van der Waals surface area contributed by atoms with Crippen LogP contribution in [0.5, 0.6) is 5.88 Å². The number of hydrogen-bond donors (Lipinski definition) is 2. The number of aromatic nitrogens is 1. The summed E-state index contributed by atoms with van der Waals surface area (Å²) >= 11 is 0. The molecule has 23 heavy (non-hydrogen) atoms. The molecule has 1 heterocycles. The molecule has 0 aromatic carbocycles. The summed E-state index contributed by atoms with van der Waals surface area (Å²) in [5, 5.41) is 6.39. The number of hydrogen-bond acceptors (Lipinski definition) is 5. The first-order valence-corrected chi connectivity index (χ1v) is 8.13. The molecule has 1 aromatic rings. The molecular weight excluding hydrogens is 294 g/mol. The van der Waals surface area contributed by atoms with Crippen molar-refractivity contribution in [1.82, 2.24) is 10.3 Å². The molecule has 1 aromatic heterocycles. The Bertz CT molecular complexity index is 520. The van der Waals surface area contributed by atoms with Crippen molar-refractivity contribution in [2.24, 2.45) is 0 Å². The summed E-state index contributed by atoms with van der Waals surface area (Å²) in [6.07, 6.45) is 3.50. The molecule has 2 N–H and O–H groups in total. The van der Waals surface area contributed by atoms with E-state index in [0.717, 1.165) is 31.5 Å². The molecule has 1 amide bonds. The molecule has 1 aliphatic rings. The minimum absolute atomic E-state index is 0.182. The van der Waals surface area contributed by atoms with E-state index in [1.807, 2.05) is 39.0 Å². The number of methoxy groups -OCH3 is 1. The van der Waals surface area contributed by atoms with E-state index in [4.69, 9.17) is 9.47 Å². The predicted octanol–water partition coefficient (Wildman–Crippen LogP) is 3.34. The number of nitrogens with one attached hydrogen (secondary N) is 2. The molecule has 6 nitrogen and oxygen atoms in total. The van der Waals surface area contributed by atoms with Crippen LogP contribution in [0.2, 0.25) is 0 Å². The maximum absolute atomic E-state index is 11.8. The van der Waals surface area contributed by atoms with Crippen LogP contribution in [0.3, 0.4) is 0 Å². The van der Waals surface area contributed by atoms with E-state index >= 15 is 0 Å². The Balaban J connectivity index is 1.76. The molecule has 0 bridgehead atoms. The molecule has 0 atom stereocenters. The monoisotopic (exact) mass is 321 g/mol. The first-order valence-electron chi connectivity index (χ1n) is 8.13. The number of pyridine rings is 1. The maximum atomic E-state index is 11.8. The molecule has 6 heteroatoms. The van der Waals surface area contributed by atoms with Crippen molar-refractivity contribution < 1.29 is 14.3 Å². The highest BCUT2D eigenvalue weighted by molar-refractivity contribution is 5.68. The van der Waals surface area contributed by atoms with Gasteiger partial charge in [-0.25, -0.2) is 4.79 Å². The Kier molecular flexibility index (Phi) is 5.69. The van der Waals surface area contributed by atoms with Crippen LogP contribution in [-0.2, 0) is 4.74 Å². The van der Waals surface area contributed by atoms with Crippen LogP contribution < -0.4 is 15.4 Å². The minimum atomic E-state index is -0.457. The van der Waals surface area contributed by atoms with E-state index < -0.39 is 5.60 Å². The van der Waals surface area contributed by atoms with Crippen LogP contribution in [0.1, 0.15) is 46.5 Å². The fourth-order valence-corrected chi connectivity index (χ4v) is 2.67. The topological polar surface area (TPSA) is 72.5 Å². The fourth-order valence-electron chi connectivity index (χ4n) is 2.67. The minimum Gasteiger partial charge on any atom is -0.481 e. The molecule has 128 valence electrons. The second kappa shape index (κ2) is 7.53. The summed E-state index contributed by atoms with van der Waals surface area (Å²) in [5.41, 5.74) is -0.457. The Morgan fingerprint density at radius 1 is 1.17 bits per heavy atom. The normalized spacial score (nSPS) is 21.4. The number of anilines is 1. The van der Waals surface area contributed by atoms with Crippen molar-refractivity contribution in [2.75, 3.05) is 12.4 Å². The van der Waals surface area contributed by atoms with Crippen molar-refractivity contribution in [1.29, 1.82) is 0 Å². The van der Waals surface area contributed by atoms with E-state index in [2.05, 4.69) is 15.6 Å². The average Bonchev–Trinajstić information content (AvgIpc) is 2.47. The van der Waals surface area contributed by atoms with Crippen molar-refractivity contribution in [3.05, 3.63) is 18.2 Å². The van der Waals surface area contributed by atoms with E-state index in [1.165, 1.54) is 0 Å². The highest BCUT2D eigenvalue weighted by Crippen LogP contribution is 2.23. The first kappa shape index (κ1) is 17.4. The van der Waals surface area contributed by atoms with E-state index in [9.17, 15) is 4.79 Å². The number of carbonyl (C=O) groups excluding carboxylic acids is 1. The Hall–Kier alpha value is -1.98. The van der Waals surface area contributed by atoms with E-state index in [-0.39, 0.29) is 12.1 Å². The summed E-state index contributed by atoms with van der Waals surface area (Å²) in [6.45, 7) is 5.61. The molecule has 0 unspecified atom stereocenters. The largest absolute Gasteiger partial charge is 0.481 e. The van der Waals surface area contributed by atoms with Gasteiger partial charge < -0.3 is 20.1 Å². The average molecular weight is 321 g/mol. The van der Waals surface area contributed by atoms with Gasteiger partial charge in [-0.3, -0.25) is 0 Å². The van der Waals surface area contributed by atoms with Crippen LogP contribution in [0, 0.1) is 0 Å². The summed E-state index contributed by atoms with van der Waals surface area (Å²) in [5.74, 6) is 1.43. The van der Waals surface area contributed by atoms with Gasteiger partial charge in [-0.15, -0.1) is 0 Å². The van der Waals surface area contributed by atoms with Gasteiger partial charge in [0.15, 0.2) is 0 Å². The number of carbonyl (C=O) groups is 1. The first-order chi connectivity index (χ1) is 10.9. The van der Waals surface area contributed by atoms with Gasteiger partial charge in [-0.1, -0.05) is 6.07 Å². The van der Waals surface area contributed by atoms with Gasteiger partial charge in [-0.2, -0.15) is 4.98 Å². The third-order valence-corrected chi connectivity index (χ3v) is 3.73. The standard InChI is InChI=1S/C17H27N3O3/c1-17(2,3)23-16(21)19-13-10-8-12(9-11-13)18-14-6-5-7-15(20-14)22-4/h5-7,12-13H,8-11H2,1-4H3,(H,18,20)(H,19,21). The number of nitrogens with zero attached hydrogens (tertiary/aromatic N) is 1. The summed E-state index contributed by atoms with van der Waals surface area (Å²) in [4.78, 5) is 16.2. The second-order valence-electron chi connectivity index (χ2n) is 6.90. The smallest absolute Gasteiger partial charge is 0.407 e. The Labute approximate surface area is 138 Å². The molecule has 1 saturated carbocycles. The van der Waals surface area contributed by atoms with Crippen molar-refractivity contribution in [3.63, 3.8) is 0 Å².